The Hall–Kier alpha value is -2.12. The monoisotopic (exact) mass is 241 g/mol. The minimum absolute atomic E-state index is 0.198. The fourth-order valence-electron chi connectivity index (χ4n) is 1.87. The van der Waals surface area contributed by atoms with Crippen LogP contribution in [0.3, 0.4) is 0 Å². The maximum absolute atomic E-state index is 9.11. The first-order chi connectivity index (χ1) is 8.86. The highest BCUT2D eigenvalue weighted by Gasteiger charge is 2.07. The van der Waals surface area contributed by atoms with Gasteiger partial charge in [0.2, 0.25) is 0 Å². The topological polar surface area (TPSA) is 68.9 Å². The maximum Gasteiger partial charge on any atom is 0.103 e. The lowest BCUT2D eigenvalue weighted by atomic mass is 10.1. The number of benzene rings is 1. The minimum atomic E-state index is 0.198. The molecule has 0 amide bonds. The number of nitriles is 1. The molecule has 0 spiro atoms. The van der Waals surface area contributed by atoms with Gasteiger partial charge in [-0.05, 0) is 18.9 Å². The van der Waals surface area contributed by atoms with E-state index < -0.39 is 0 Å². The van der Waals surface area contributed by atoms with Gasteiger partial charge < -0.3 is 10.4 Å². The predicted octanol–water partition coefficient (Wildman–Crippen LogP) is 2.29. The first-order valence-corrected chi connectivity index (χ1v) is 5.99. The molecule has 0 saturated heterocycles. The average molecular weight is 241 g/mol. The van der Waals surface area contributed by atoms with Crippen LogP contribution in [0.1, 0.15) is 18.4 Å². The molecule has 0 fully saturated rings. The zero-order valence-electron chi connectivity index (χ0n) is 10.1. The van der Waals surface area contributed by atoms with Gasteiger partial charge in [0.05, 0.1) is 16.8 Å². The lowest BCUT2D eigenvalue weighted by molar-refractivity contribution is 0.286. The highest BCUT2D eigenvalue weighted by Crippen LogP contribution is 2.25. The number of pyridine rings is 1. The lowest BCUT2D eigenvalue weighted by Crippen LogP contribution is -2.05. The van der Waals surface area contributed by atoms with Gasteiger partial charge in [-0.1, -0.05) is 18.2 Å². The molecule has 0 atom stereocenters. The number of aromatic nitrogens is 1. The van der Waals surface area contributed by atoms with E-state index in [4.69, 9.17) is 10.4 Å². The van der Waals surface area contributed by atoms with Gasteiger partial charge in [-0.3, -0.25) is 4.98 Å². The van der Waals surface area contributed by atoms with Gasteiger partial charge >= 0.3 is 0 Å². The van der Waals surface area contributed by atoms with Crippen molar-refractivity contribution >= 4 is 16.6 Å². The highest BCUT2D eigenvalue weighted by molar-refractivity contribution is 5.93. The number of nitrogens with one attached hydrogen (secondary N) is 1. The SMILES string of the molecule is N#Cc1cnc2ccccc2c1NCCCCO. The summed E-state index contributed by atoms with van der Waals surface area (Å²) in [6, 6.07) is 9.90. The van der Waals surface area contributed by atoms with Gasteiger partial charge in [-0.25, -0.2) is 0 Å². The zero-order chi connectivity index (χ0) is 12.8. The number of para-hydroxylation sites is 1. The molecule has 2 rings (SSSR count). The van der Waals surface area contributed by atoms with Crippen molar-refractivity contribution in [3.8, 4) is 6.07 Å². The number of aliphatic hydroxyl groups excluding tert-OH is 1. The van der Waals surface area contributed by atoms with Crippen LogP contribution in [0.25, 0.3) is 10.9 Å². The molecule has 0 aliphatic carbocycles. The molecule has 18 heavy (non-hydrogen) atoms. The third kappa shape index (κ3) is 2.58. The molecule has 0 aliphatic rings. The molecular formula is C14H15N3O. The van der Waals surface area contributed by atoms with Gasteiger partial charge in [-0.2, -0.15) is 5.26 Å². The Kier molecular flexibility index (Phi) is 4.11. The van der Waals surface area contributed by atoms with Crippen molar-refractivity contribution in [2.45, 2.75) is 12.8 Å². The Bertz CT molecular complexity index is 575. The second-order valence-electron chi connectivity index (χ2n) is 4.03. The Morgan fingerprint density at radius 2 is 2.11 bits per heavy atom. The zero-order valence-corrected chi connectivity index (χ0v) is 10.1. The van der Waals surface area contributed by atoms with Crippen LogP contribution in [0.4, 0.5) is 5.69 Å². The third-order valence-corrected chi connectivity index (χ3v) is 2.78. The Morgan fingerprint density at radius 1 is 1.28 bits per heavy atom. The number of anilines is 1. The summed E-state index contributed by atoms with van der Waals surface area (Å²) in [5.74, 6) is 0. The second-order valence-corrected chi connectivity index (χ2v) is 4.03. The summed E-state index contributed by atoms with van der Waals surface area (Å²) in [6.07, 6.45) is 3.23. The van der Waals surface area contributed by atoms with Gasteiger partial charge in [0, 0.05) is 24.7 Å². The second kappa shape index (κ2) is 5.99. The predicted molar refractivity (Wildman–Crippen MR) is 71.3 cm³/mol. The summed E-state index contributed by atoms with van der Waals surface area (Å²) in [5.41, 5.74) is 2.26. The summed E-state index contributed by atoms with van der Waals surface area (Å²) in [6.45, 7) is 0.938. The summed E-state index contributed by atoms with van der Waals surface area (Å²) in [5, 5.41) is 22.1. The number of aliphatic hydroxyl groups is 1. The molecule has 0 bridgehead atoms. The molecule has 2 aromatic rings. The standard InChI is InChI=1S/C14H15N3O/c15-9-11-10-17-13-6-2-1-5-12(13)14(11)16-7-3-4-8-18/h1-2,5-6,10,18H,3-4,7-8H2,(H,16,17). The van der Waals surface area contributed by atoms with E-state index in [1.54, 1.807) is 6.20 Å². The third-order valence-electron chi connectivity index (χ3n) is 2.78. The van der Waals surface area contributed by atoms with Crippen LogP contribution in [0, 0.1) is 11.3 Å². The molecule has 2 N–H and O–H groups in total. The minimum Gasteiger partial charge on any atom is -0.396 e. The van der Waals surface area contributed by atoms with Gasteiger partial charge in [-0.15, -0.1) is 0 Å². The highest BCUT2D eigenvalue weighted by atomic mass is 16.2. The van der Waals surface area contributed by atoms with E-state index in [0.717, 1.165) is 36.0 Å². The quantitative estimate of drug-likeness (QED) is 0.788. The first-order valence-electron chi connectivity index (χ1n) is 5.99. The number of hydrogen-bond acceptors (Lipinski definition) is 4. The van der Waals surface area contributed by atoms with E-state index in [1.165, 1.54) is 0 Å². The first kappa shape index (κ1) is 12.3. The van der Waals surface area contributed by atoms with E-state index in [2.05, 4.69) is 16.4 Å². The van der Waals surface area contributed by atoms with E-state index in [-0.39, 0.29) is 6.61 Å². The molecule has 1 aromatic carbocycles. The van der Waals surface area contributed by atoms with E-state index in [1.807, 2.05) is 24.3 Å². The van der Waals surface area contributed by atoms with Crippen molar-refractivity contribution in [1.82, 2.24) is 4.98 Å². The Labute approximate surface area is 106 Å². The Morgan fingerprint density at radius 3 is 2.89 bits per heavy atom. The van der Waals surface area contributed by atoms with Crippen molar-refractivity contribution in [1.29, 1.82) is 5.26 Å². The van der Waals surface area contributed by atoms with Crippen molar-refractivity contribution in [2.24, 2.45) is 0 Å². The molecule has 4 nitrogen and oxygen atoms in total. The molecule has 1 aromatic heterocycles. The van der Waals surface area contributed by atoms with Crippen LogP contribution < -0.4 is 5.32 Å². The van der Waals surface area contributed by atoms with Crippen LogP contribution in [0.2, 0.25) is 0 Å². The lowest BCUT2D eigenvalue weighted by Gasteiger charge is -2.10. The van der Waals surface area contributed by atoms with Crippen molar-refractivity contribution < 1.29 is 5.11 Å². The molecule has 0 unspecified atom stereocenters. The maximum atomic E-state index is 9.11. The number of unbranched alkanes of at least 4 members (excludes halogenated alkanes) is 1. The summed E-state index contributed by atoms with van der Waals surface area (Å²) in [4.78, 5) is 4.25. The van der Waals surface area contributed by atoms with Crippen LogP contribution in [-0.2, 0) is 0 Å². The van der Waals surface area contributed by atoms with Crippen LogP contribution in [0.15, 0.2) is 30.5 Å². The van der Waals surface area contributed by atoms with E-state index in [0.29, 0.717) is 5.56 Å². The summed E-state index contributed by atoms with van der Waals surface area (Å²) < 4.78 is 0. The van der Waals surface area contributed by atoms with Gasteiger partial charge in [0.15, 0.2) is 0 Å². The number of nitrogens with zero attached hydrogens (tertiary/aromatic N) is 2. The number of fused-ring (bicyclic) bond motifs is 1. The molecule has 0 saturated carbocycles. The molecule has 1 heterocycles. The average Bonchev–Trinajstić information content (AvgIpc) is 2.43. The fraction of sp³-hybridized carbons (Fsp3) is 0.286. The largest absolute Gasteiger partial charge is 0.396 e. The van der Waals surface area contributed by atoms with Crippen LogP contribution >= 0.6 is 0 Å². The fourth-order valence-corrected chi connectivity index (χ4v) is 1.87. The molecule has 4 heteroatoms. The number of rotatable bonds is 5. The summed E-state index contributed by atoms with van der Waals surface area (Å²) in [7, 11) is 0. The summed E-state index contributed by atoms with van der Waals surface area (Å²) >= 11 is 0. The van der Waals surface area contributed by atoms with E-state index >= 15 is 0 Å². The van der Waals surface area contributed by atoms with E-state index in [9.17, 15) is 0 Å². The van der Waals surface area contributed by atoms with Gasteiger partial charge in [0.25, 0.3) is 0 Å². The number of hydrogen-bond donors (Lipinski definition) is 2. The molecule has 0 radical (unpaired) electrons. The van der Waals surface area contributed by atoms with Crippen LogP contribution in [0.5, 0.6) is 0 Å². The van der Waals surface area contributed by atoms with Crippen LogP contribution in [-0.4, -0.2) is 23.2 Å². The van der Waals surface area contributed by atoms with Crippen molar-refractivity contribution in [3.05, 3.63) is 36.0 Å². The molecule has 0 aliphatic heterocycles. The normalized spacial score (nSPS) is 10.2. The Balaban J connectivity index is 2.30. The van der Waals surface area contributed by atoms with Crippen molar-refractivity contribution in [2.75, 3.05) is 18.5 Å². The smallest absolute Gasteiger partial charge is 0.103 e. The van der Waals surface area contributed by atoms with Crippen molar-refractivity contribution in [3.63, 3.8) is 0 Å². The van der Waals surface area contributed by atoms with Gasteiger partial charge in [0.1, 0.15) is 6.07 Å². The molecular weight excluding hydrogens is 226 g/mol. The molecule has 92 valence electrons.